The molecule has 8 nitrogen and oxygen atoms in total. The summed E-state index contributed by atoms with van der Waals surface area (Å²) in [6.07, 6.45) is 6.73. The van der Waals surface area contributed by atoms with Gasteiger partial charge in [0.1, 0.15) is 17.8 Å². The van der Waals surface area contributed by atoms with Gasteiger partial charge < -0.3 is 19.9 Å². The molecule has 0 atom stereocenters. The number of hydrogen-bond acceptors (Lipinski definition) is 6. The predicted octanol–water partition coefficient (Wildman–Crippen LogP) is 3.05. The molecule has 27 heavy (non-hydrogen) atoms. The molecule has 1 aliphatic heterocycles. The zero-order chi connectivity index (χ0) is 18.6. The largest absolute Gasteiger partial charge is 0.450 e. The van der Waals surface area contributed by atoms with E-state index in [-0.39, 0.29) is 12.1 Å². The van der Waals surface area contributed by atoms with Crippen molar-refractivity contribution in [1.29, 1.82) is 0 Å². The number of aromatic nitrogens is 4. The highest BCUT2D eigenvalue weighted by Gasteiger charge is 2.23. The van der Waals surface area contributed by atoms with Gasteiger partial charge in [0.25, 0.3) is 0 Å². The number of H-pyrrole nitrogens is 1. The molecule has 3 aromatic heterocycles. The Balaban J connectivity index is 1.44. The minimum atomic E-state index is -0.229. The summed E-state index contributed by atoms with van der Waals surface area (Å²) in [5.41, 5.74) is 2.68. The maximum Gasteiger partial charge on any atom is 0.409 e. The summed E-state index contributed by atoms with van der Waals surface area (Å²) in [5, 5.41) is 4.50. The summed E-state index contributed by atoms with van der Waals surface area (Å²) >= 11 is 0. The van der Waals surface area contributed by atoms with Crippen molar-refractivity contribution < 1.29 is 9.53 Å². The molecule has 1 fully saturated rings. The van der Waals surface area contributed by atoms with E-state index < -0.39 is 0 Å². The Bertz CT molecular complexity index is 933. The molecule has 0 aromatic carbocycles. The van der Waals surface area contributed by atoms with Gasteiger partial charge in [-0.25, -0.2) is 19.7 Å². The van der Waals surface area contributed by atoms with Gasteiger partial charge in [-0.3, -0.25) is 0 Å². The first-order valence-electron chi connectivity index (χ1n) is 9.17. The fraction of sp³-hybridized carbons (Fsp3) is 0.368. The van der Waals surface area contributed by atoms with E-state index in [9.17, 15) is 4.79 Å². The van der Waals surface area contributed by atoms with Gasteiger partial charge in [-0.2, -0.15) is 0 Å². The first-order chi connectivity index (χ1) is 13.2. The highest BCUT2D eigenvalue weighted by molar-refractivity contribution is 5.92. The smallest absolute Gasteiger partial charge is 0.409 e. The molecule has 1 aliphatic rings. The number of pyridine rings is 1. The second-order valence-corrected chi connectivity index (χ2v) is 6.49. The van der Waals surface area contributed by atoms with E-state index in [2.05, 4.69) is 25.3 Å². The van der Waals surface area contributed by atoms with Crippen LogP contribution >= 0.6 is 0 Å². The van der Waals surface area contributed by atoms with Crippen molar-refractivity contribution in [1.82, 2.24) is 24.8 Å². The van der Waals surface area contributed by atoms with Crippen LogP contribution in [0, 0.1) is 0 Å². The van der Waals surface area contributed by atoms with Crippen molar-refractivity contribution in [3.05, 3.63) is 36.9 Å². The Kier molecular flexibility index (Phi) is 4.86. The fourth-order valence-corrected chi connectivity index (χ4v) is 3.38. The lowest BCUT2D eigenvalue weighted by atomic mass is 10.1. The van der Waals surface area contributed by atoms with Crippen LogP contribution in [0.1, 0.15) is 19.8 Å². The molecule has 4 rings (SSSR count). The number of aromatic amines is 1. The molecule has 1 amide bonds. The number of ether oxygens (including phenoxy) is 1. The summed E-state index contributed by atoms with van der Waals surface area (Å²) in [6.45, 7) is 3.60. The molecule has 4 heterocycles. The summed E-state index contributed by atoms with van der Waals surface area (Å²) in [4.78, 5) is 29.8. The number of amides is 1. The van der Waals surface area contributed by atoms with Crippen LogP contribution in [-0.2, 0) is 4.74 Å². The molecule has 0 radical (unpaired) electrons. The monoisotopic (exact) mass is 366 g/mol. The number of piperidine rings is 1. The van der Waals surface area contributed by atoms with Gasteiger partial charge in [0.15, 0.2) is 0 Å². The molecule has 8 heteroatoms. The zero-order valence-corrected chi connectivity index (χ0v) is 15.2. The van der Waals surface area contributed by atoms with Crippen LogP contribution in [0.25, 0.3) is 22.3 Å². The Labute approximate surface area is 157 Å². The second-order valence-electron chi connectivity index (χ2n) is 6.49. The van der Waals surface area contributed by atoms with E-state index in [0.717, 1.165) is 41.0 Å². The number of carbonyl (C=O) groups is 1. The Hall–Kier alpha value is -3.16. The van der Waals surface area contributed by atoms with Crippen molar-refractivity contribution in [3.63, 3.8) is 0 Å². The number of nitrogens with zero attached hydrogens (tertiary/aromatic N) is 4. The number of anilines is 1. The van der Waals surface area contributed by atoms with Crippen LogP contribution in [0.2, 0.25) is 0 Å². The number of carbonyl (C=O) groups excluding carboxylic acids is 1. The lowest BCUT2D eigenvalue weighted by Crippen LogP contribution is -2.42. The van der Waals surface area contributed by atoms with Crippen LogP contribution < -0.4 is 5.32 Å². The third-order valence-electron chi connectivity index (χ3n) is 4.77. The van der Waals surface area contributed by atoms with Gasteiger partial charge in [0.2, 0.25) is 0 Å². The fourth-order valence-electron chi connectivity index (χ4n) is 3.38. The van der Waals surface area contributed by atoms with E-state index in [1.165, 1.54) is 0 Å². The molecule has 3 aromatic rings. The van der Waals surface area contributed by atoms with Crippen molar-refractivity contribution in [2.75, 3.05) is 25.0 Å². The number of rotatable bonds is 4. The number of nitrogens with one attached hydrogen (secondary N) is 2. The molecule has 0 spiro atoms. The maximum absolute atomic E-state index is 11.8. The average Bonchev–Trinajstić information content (AvgIpc) is 3.13. The van der Waals surface area contributed by atoms with Crippen molar-refractivity contribution in [2.24, 2.45) is 0 Å². The molecular weight excluding hydrogens is 344 g/mol. The zero-order valence-electron chi connectivity index (χ0n) is 15.2. The van der Waals surface area contributed by atoms with Crippen molar-refractivity contribution in [3.8, 4) is 11.3 Å². The molecule has 140 valence electrons. The lowest BCUT2D eigenvalue weighted by molar-refractivity contribution is 0.0983. The predicted molar refractivity (Wildman–Crippen MR) is 102 cm³/mol. The number of likely N-dealkylation sites (tertiary alicyclic amines) is 1. The highest BCUT2D eigenvalue weighted by atomic mass is 16.6. The Morgan fingerprint density at radius 3 is 3.00 bits per heavy atom. The van der Waals surface area contributed by atoms with Gasteiger partial charge in [-0.15, -0.1) is 0 Å². The standard InChI is InChI=1S/C19H22N6O2/c1-2-27-19(26)25-8-5-13(6-9-25)24-17-10-16(22-12-23-17)15-11-21-18-14(15)4-3-7-20-18/h3-4,7,10-13H,2,5-6,8-9H2,1H3,(H,20,21)(H,22,23,24). The molecule has 0 aliphatic carbocycles. The van der Waals surface area contributed by atoms with E-state index in [0.29, 0.717) is 19.7 Å². The van der Waals surface area contributed by atoms with Crippen LogP contribution in [0.5, 0.6) is 0 Å². The Morgan fingerprint density at radius 1 is 1.33 bits per heavy atom. The molecule has 0 bridgehead atoms. The topological polar surface area (TPSA) is 96.0 Å². The quantitative estimate of drug-likeness (QED) is 0.737. The second kappa shape index (κ2) is 7.61. The third-order valence-corrected chi connectivity index (χ3v) is 4.77. The first kappa shape index (κ1) is 17.3. The van der Waals surface area contributed by atoms with Gasteiger partial charge in [-0.1, -0.05) is 0 Å². The van der Waals surface area contributed by atoms with Crippen molar-refractivity contribution >= 4 is 22.9 Å². The van der Waals surface area contributed by atoms with Crippen LogP contribution in [0.15, 0.2) is 36.9 Å². The van der Waals surface area contributed by atoms with Gasteiger partial charge in [0.05, 0.1) is 12.3 Å². The van der Waals surface area contributed by atoms with E-state index >= 15 is 0 Å². The minimum absolute atomic E-state index is 0.229. The normalized spacial score (nSPS) is 15.1. The maximum atomic E-state index is 11.8. The lowest BCUT2D eigenvalue weighted by Gasteiger charge is -2.31. The number of fused-ring (bicyclic) bond motifs is 1. The Morgan fingerprint density at radius 2 is 2.19 bits per heavy atom. The minimum Gasteiger partial charge on any atom is -0.450 e. The van der Waals surface area contributed by atoms with Crippen molar-refractivity contribution in [2.45, 2.75) is 25.8 Å². The van der Waals surface area contributed by atoms with Gasteiger partial charge in [-0.05, 0) is 31.9 Å². The molecule has 2 N–H and O–H groups in total. The molecular formula is C19H22N6O2. The van der Waals surface area contributed by atoms with E-state index in [1.54, 1.807) is 17.4 Å². The molecule has 0 unspecified atom stereocenters. The number of hydrogen-bond donors (Lipinski definition) is 2. The van der Waals surface area contributed by atoms with Gasteiger partial charge >= 0.3 is 6.09 Å². The summed E-state index contributed by atoms with van der Waals surface area (Å²) < 4.78 is 5.06. The summed E-state index contributed by atoms with van der Waals surface area (Å²) in [6, 6.07) is 6.15. The van der Waals surface area contributed by atoms with Crippen LogP contribution in [0.4, 0.5) is 10.6 Å². The van der Waals surface area contributed by atoms with E-state index in [1.807, 2.05) is 31.3 Å². The summed E-state index contributed by atoms with van der Waals surface area (Å²) in [7, 11) is 0. The SMILES string of the molecule is CCOC(=O)N1CCC(Nc2cc(-c3c[nH]c4ncccc34)ncn2)CC1. The molecule has 0 saturated carbocycles. The highest BCUT2D eigenvalue weighted by Crippen LogP contribution is 2.27. The van der Waals surface area contributed by atoms with Crippen LogP contribution in [0.3, 0.4) is 0 Å². The van der Waals surface area contributed by atoms with E-state index in [4.69, 9.17) is 4.74 Å². The first-order valence-corrected chi connectivity index (χ1v) is 9.17. The molecule has 1 saturated heterocycles. The average molecular weight is 366 g/mol. The summed E-state index contributed by atoms with van der Waals surface area (Å²) in [5.74, 6) is 0.785. The third kappa shape index (κ3) is 3.69. The van der Waals surface area contributed by atoms with Crippen LogP contribution in [-0.4, -0.2) is 56.7 Å². The van der Waals surface area contributed by atoms with Gasteiger partial charge in [0, 0.05) is 48.5 Å².